The quantitative estimate of drug-likeness (QED) is 0.810. The Kier molecular flexibility index (Phi) is 3.95. The van der Waals surface area contributed by atoms with Crippen molar-refractivity contribution in [1.82, 2.24) is 10.2 Å². The van der Waals surface area contributed by atoms with Gasteiger partial charge in [0, 0.05) is 18.6 Å². The Hall–Kier alpha value is -0.0800. The standard InChI is InChI=1S/C16H30N2/c1-17-14-5-4-12-18(13-14)15-6-10-16(11-7-15)8-2-3-9-16/h14-15,17H,2-13H2,1H3. The summed E-state index contributed by atoms with van der Waals surface area (Å²) < 4.78 is 0. The highest BCUT2D eigenvalue weighted by atomic mass is 15.2. The zero-order valence-electron chi connectivity index (χ0n) is 12.1. The Labute approximate surface area is 113 Å². The van der Waals surface area contributed by atoms with Gasteiger partial charge in [0.15, 0.2) is 0 Å². The highest BCUT2D eigenvalue weighted by Crippen LogP contribution is 2.49. The normalized spacial score (nSPS) is 34.2. The Morgan fingerprint density at radius 3 is 2.33 bits per heavy atom. The minimum absolute atomic E-state index is 0.751. The van der Waals surface area contributed by atoms with Crippen molar-refractivity contribution in [3.63, 3.8) is 0 Å². The van der Waals surface area contributed by atoms with Crippen LogP contribution in [0.5, 0.6) is 0 Å². The summed E-state index contributed by atoms with van der Waals surface area (Å²) in [5, 5.41) is 3.48. The molecule has 1 atom stereocenters. The van der Waals surface area contributed by atoms with Crippen molar-refractivity contribution in [3.8, 4) is 0 Å². The van der Waals surface area contributed by atoms with Gasteiger partial charge in [-0.15, -0.1) is 0 Å². The van der Waals surface area contributed by atoms with Crippen molar-refractivity contribution in [3.05, 3.63) is 0 Å². The van der Waals surface area contributed by atoms with E-state index in [1.54, 1.807) is 12.8 Å². The van der Waals surface area contributed by atoms with E-state index in [9.17, 15) is 0 Å². The minimum Gasteiger partial charge on any atom is -0.316 e. The highest BCUT2D eigenvalue weighted by Gasteiger charge is 2.39. The third-order valence-corrected chi connectivity index (χ3v) is 6.06. The van der Waals surface area contributed by atoms with Gasteiger partial charge < -0.3 is 5.32 Å². The number of hydrogen-bond donors (Lipinski definition) is 1. The van der Waals surface area contributed by atoms with Crippen LogP contribution in [-0.4, -0.2) is 37.1 Å². The fourth-order valence-corrected chi connectivity index (χ4v) is 4.78. The molecule has 0 bridgehead atoms. The van der Waals surface area contributed by atoms with Gasteiger partial charge in [-0.05, 0) is 70.4 Å². The molecular formula is C16H30N2. The molecule has 0 radical (unpaired) electrons. The van der Waals surface area contributed by atoms with Crippen molar-refractivity contribution in [2.45, 2.75) is 76.3 Å². The van der Waals surface area contributed by atoms with Gasteiger partial charge in [0.25, 0.3) is 0 Å². The first-order valence-corrected chi connectivity index (χ1v) is 8.23. The summed E-state index contributed by atoms with van der Waals surface area (Å²) in [5.74, 6) is 0. The molecule has 3 fully saturated rings. The van der Waals surface area contributed by atoms with Crippen molar-refractivity contribution in [2.24, 2.45) is 5.41 Å². The van der Waals surface area contributed by atoms with Crippen molar-refractivity contribution < 1.29 is 0 Å². The largest absolute Gasteiger partial charge is 0.316 e. The molecule has 1 N–H and O–H groups in total. The molecular weight excluding hydrogens is 220 g/mol. The molecule has 0 aromatic carbocycles. The first-order chi connectivity index (χ1) is 8.81. The second-order valence-corrected chi connectivity index (χ2v) is 7.06. The van der Waals surface area contributed by atoms with Crippen molar-refractivity contribution in [2.75, 3.05) is 20.1 Å². The fourth-order valence-electron chi connectivity index (χ4n) is 4.78. The first-order valence-electron chi connectivity index (χ1n) is 8.23. The van der Waals surface area contributed by atoms with E-state index in [-0.39, 0.29) is 0 Å². The van der Waals surface area contributed by atoms with Crippen LogP contribution >= 0.6 is 0 Å². The zero-order chi connectivity index (χ0) is 12.4. The molecule has 1 saturated heterocycles. The number of hydrogen-bond acceptors (Lipinski definition) is 2. The van der Waals surface area contributed by atoms with E-state index in [0.29, 0.717) is 0 Å². The summed E-state index contributed by atoms with van der Waals surface area (Å²) in [5.41, 5.74) is 0.800. The molecule has 1 aliphatic heterocycles. The number of nitrogens with zero attached hydrogens (tertiary/aromatic N) is 1. The maximum absolute atomic E-state index is 3.48. The summed E-state index contributed by atoms with van der Waals surface area (Å²) in [6, 6.07) is 1.66. The molecule has 104 valence electrons. The highest BCUT2D eigenvalue weighted by molar-refractivity contribution is 4.93. The van der Waals surface area contributed by atoms with Gasteiger partial charge in [-0.3, -0.25) is 4.90 Å². The summed E-state index contributed by atoms with van der Waals surface area (Å²) in [4.78, 5) is 2.80. The SMILES string of the molecule is CNC1CCCN(C2CCC3(CCCC3)CC2)C1. The van der Waals surface area contributed by atoms with Gasteiger partial charge in [-0.2, -0.15) is 0 Å². The van der Waals surface area contributed by atoms with Gasteiger partial charge in [0.1, 0.15) is 0 Å². The molecule has 0 aromatic heterocycles. The number of piperidine rings is 1. The van der Waals surface area contributed by atoms with Crippen LogP contribution < -0.4 is 5.32 Å². The van der Waals surface area contributed by atoms with Crippen LogP contribution in [-0.2, 0) is 0 Å². The molecule has 2 saturated carbocycles. The van der Waals surface area contributed by atoms with Gasteiger partial charge in [-0.1, -0.05) is 12.8 Å². The van der Waals surface area contributed by atoms with E-state index in [1.165, 1.54) is 64.5 Å². The summed E-state index contributed by atoms with van der Waals surface area (Å²) in [6.45, 7) is 2.66. The Morgan fingerprint density at radius 1 is 0.944 bits per heavy atom. The lowest BCUT2D eigenvalue weighted by Crippen LogP contribution is -2.50. The van der Waals surface area contributed by atoms with Crippen LogP contribution in [0.4, 0.5) is 0 Å². The van der Waals surface area contributed by atoms with Crippen molar-refractivity contribution in [1.29, 1.82) is 0 Å². The monoisotopic (exact) mass is 250 g/mol. The molecule has 0 aromatic rings. The summed E-state index contributed by atoms with van der Waals surface area (Å²) in [7, 11) is 2.13. The molecule has 0 amide bonds. The topological polar surface area (TPSA) is 15.3 Å². The first kappa shape index (κ1) is 12.9. The average molecular weight is 250 g/mol. The molecule has 3 rings (SSSR count). The van der Waals surface area contributed by atoms with Crippen LogP contribution in [0.25, 0.3) is 0 Å². The van der Waals surface area contributed by atoms with Gasteiger partial charge in [0.2, 0.25) is 0 Å². The second kappa shape index (κ2) is 5.50. The van der Waals surface area contributed by atoms with Crippen LogP contribution in [0.15, 0.2) is 0 Å². The maximum Gasteiger partial charge on any atom is 0.0192 e. The van der Waals surface area contributed by atoms with Crippen LogP contribution in [0.1, 0.15) is 64.2 Å². The Balaban J connectivity index is 1.52. The third kappa shape index (κ3) is 2.60. The van der Waals surface area contributed by atoms with E-state index in [2.05, 4.69) is 17.3 Å². The molecule has 1 unspecified atom stereocenters. The Bertz CT molecular complexity index is 260. The lowest BCUT2D eigenvalue weighted by Gasteiger charge is -2.44. The number of likely N-dealkylation sites (N-methyl/N-ethyl adjacent to an activating group) is 1. The van der Waals surface area contributed by atoms with E-state index in [4.69, 9.17) is 0 Å². The fraction of sp³-hybridized carbons (Fsp3) is 1.00. The van der Waals surface area contributed by atoms with E-state index in [0.717, 1.165) is 17.5 Å². The number of rotatable bonds is 2. The molecule has 2 aliphatic carbocycles. The summed E-state index contributed by atoms with van der Waals surface area (Å²) in [6.07, 6.45) is 14.9. The Morgan fingerprint density at radius 2 is 1.67 bits per heavy atom. The zero-order valence-corrected chi connectivity index (χ0v) is 12.1. The summed E-state index contributed by atoms with van der Waals surface area (Å²) >= 11 is 0. The second-order valence-electron chi connectivity index (χ2n) is 7.06. The third-order valence-electron chi connectivity index (χ3n) is 6.06. The van der Waals surface area contributed by atoms with Crippen LogP contribution in [0.3, 0.4) is 0 Å². The molecule has 1 spiro atoms. The lowest BCUT2D eigenvalue weighted by molar-refractivity contribution is 0.0683. The van der Waals surface area contributed by atoms with Crippen molar-refractivity contribution >= 4 is 0 Å². The lowest BCUT2D eigenvalue weighted by atomic mass is 9.71. The van der Waals surface area contributed by atoms with Crippen LogP contribution in [0.2, 0.25) is 0 Å². The maximum atomic E-state index is 3.48. The molecule has 18 heavy (non-hydrogen) atoms. The van der Waals surface area contributed by atoms with Crippen LogP contribution in [0, 0.1) is 5.41 Å². The average Bonchev–Trinajstić information content (AvgIpc) is 2.88. The molecule has 3 aliphatic rings. The molecule has 2 heteroatoms. The minimum atomic E-state index is 0.751. The number of likely N-dealkylation sites (tertiary alicyclic amines) is 1. The number of nitrogens with one attached hydrogen (secondary N) is 1. The molecule has 1 heterocycles. The molecule has 2 nitrogen and oxygen atoms in total. The van der Waals surface area contributed by atoms with Gasteiger partial charge in [-0.25, -0.2) is 0 Å². The van der Waals surface area contributed by atoms with E-state index >= 15 is 0 Å². The smallest absolute Gasteiger partial charge is 0.0192 e. The van der Waals surface area contributed by atoms with E-state index in [1.807, 2.05) is 0 Å². The van der Waals surface area contributed by atoms with Gasteiger partial charge in [0.05, 0.1) is 0 Å². The van der Waals surface area contributed by atoms with Gasteiger partial charge >= 0.3 is 0 Å². The van der Waals surface area contributed by atoms with E-state index < -0.39 is 0 Å². The predicted octanol–water partition coefficient (Wildman–Crippen LogP) is 3.17. The predicted molar refractivity (Wildman–Crippen MR) is 76.8 cm³/mol.